The maximum absolute atomic E-state index is 10.7. The summed E-state index contributed by atoms with van der Waals surface area (Å²) in [6.07, 6.45) is 2.04. The minimum atomic E-state index is -0.374. The Morgan fingerprint density at radius 1 is 0.875 bits per heavy atom. The Morgan fingerprint density at radius 2 is 1.58 bits per heavy atom. The van der Waals surface area contributed by atoms with Crippen LogP contribution in [0.15, 0.2) is 84.0 Å². The van der Waals surface area contributed by atoms with Gasteiger partial charge in [-0.2, -0.15) is 4.57 Å². The van der Waals surface area contributed by atoms with Crippen molar-refractivity contribution < 1.29 is 9.49 Å². The highest BCUT2D eigenvalue weighted by molar-refractivity contribution is 7.98. The van der Waals surface area contributed by atoms with E-state index in [1.807, 2.05) is 48.7 Å². The van der Waals surface area contributed by atoms with Gasteiger partial charge in [0.1, 0.15) is 0 Å². The molecule has 0 radical (unpaired) electrons. The van der Waals surface area contributed by atoms with E-state index < -0.39 is 0 Å². The van der Waals surface area contributed by atoms with Gasteiger partial charge in [-0.25, -0.2) is 0 Å². The zero-order valence-corrected chi connectivity index (χ0v) is 13.9. The fourth-order valence-electron chi connectivity index (χ4n) is 2.37. The van der Waals surface area contributed by atoms with Gasteiger partial charge in [-0.1, -0.05) is 42.1 Å². The minimum absolute atomic E-state index is 0.121. The number of benzene rings is 2. The van der Waals surface area contributed by atoms with Crippen molar-refractivity contribution in [2.24, 2.45) is 0 Å². The number of hydrogen-bond donors (Lipinski definition) is 0. The van der Waals surface area contributed by atoms with Crippen molar-refractivity contribution in [1.29, 1.82) is 0 Å². The summed E-state index contributed by atoms with van der Waals surface area (Å²) in [5, 5.41) is 11.9. The van der Waals surface area contributed by atoms with Crippen LogP contribution in [0.4, 0.5) is 5.69 Å². The van der Waals surface area contributed by atoms with Gasteiger partial charge in [0, 0.05) is 35.6 Å². The molecule has 0 amide bonds. The third kappa shape index (κ3) is 4.20. The summed E-state index contributed by atoms with van der Waals surface area (Å²) in [6, 6.07) is 23.2. The van der Waals surface area contributed by atoms with E-state index in [-0.39, 0.29) is 10.6 Å². The van der Waals surface area contributed by atoms with E-state index in [9.17, 15) is 10.1 Å². The van der Waals surface area contributed by atoms with Crippen molar-refractivity contribution in [2.75, 3.05) is 0 Å². The summed E-state index contributed by atoms with van der Waals surface area (Å²) in [5.41, 5.74) is 2.45. The van der Waals surface area contributed by atoms with E-state index in [0.717, 1.165) is 11.3 Å². The first-order valence-corrected chi connectivity index (χ1v) is 8.59. The number of non-ortho nitro benzene ring substituents is 1. The predicted molar refractivity (Wildman–Crippen MR) is 94.8 cm³/mol. The van der Waals surface area contributed by atoms with Gasteiger partial charge in [-0.05, 0) is 23.8 Å². The van der Waals surface area contributed by atoms with Crippen molar-refractivity contribution in [1.82, 2.24) is 0 Å². The zero-order valence-electron chi connectivity index (χ0n) is 13.0. The van der Waals surface area contributed by atoms with E-state index in [0.29, 0.717) is 6.54 Å². The molecule has 0 spiro atoms. The molecule has 3 rings (SSSR count). The van der Waals surface area contributed by atoms with E-state index >= 15 is 0 Å². The average molecular weight is 337 g/mol. The Labute approximate surface area is 144 Å². The molecule has 120 valence electrons. The van der Waals surface area contributed by atoms with Crippen LogP contribution in [0.25, 0.3) is 0 Å². The second-order valence-electron chi connectivity index (χ2n) is 5.36. The standard InChI is InChI=1S/C19H17N2O2S/c22-21(23)18-11-9-16(10-12-18)14-20-13-5-4-8-19(20)24-15-17-6-2-1-3-7-17/h1-13H,14-15H2/q+1. The number of aromatic nitrogens is 1. The van der Waals surface area contributed by atoms with Crippen LogP contribution in [0.5, 0.6) is 0 Å². The SMILES string of the molecule is O=[N+]([O-])c1ccc(C[n+]2ccccc2SCc2ccccc2)cc1. The Balaban J connectivity index is 1.73. The first kappa shape index (κ1) is 16.2. The molecule has 0 N–H and O–H groups in total. The van der Waals surface area contributed by atoms with E-state index in [1.165, 1.54) is 10.6 Å². The molecule has 0 saturated carbocycles. The van der Waals surface area contributed by atoms with Crippen molar-refractivity contribution >= 4 is 17.4 Å². The molecule has 0 bridgehead atoms. The summed E-state index contributed by atoms with van der Waals surface area (Å²) in [7, 11) is 0. The number of rotatable bonds is 6. The van der Waals surface area contributed by atoms with Gasteiger partial charge in [0.15, 0.2) is 12.7 Å². The minimum Gasteiger partial charge on any atom is -0.258 e. The van der Waals surface area contributed by atoms with Crippen LogP contribution >= 0.6 is 11.8 Å². The number of nitro benzene ring substituents is 1. The lowest BCUT2D eigenvalue weighted by molar-refractivity contribution is -0.724. The highest BCUT2D eigenvalue weighted by Gasteiger charge is 2.12. The largest absolute Gasteiger partial charge is 0.269 e. The molecule has 24 heavy (non-hydrogen) atoms. The third-order valence-corrected chi connectivity index (χ3v) is 4.77. The van der Waals surface area contributed by atoms with E-state index in [1.54, 1.807) is 23.9 Å². The normalized spacial score (nSPS) is 10.5. The quantitative estimate of drug-likeness (QED) is 0.293. The van der Waals surface area contributed by atoms with Crippen LogP contribution in [0, 0.1) is 10.1 Å². The van der Waals surface area contributed by atoms with Crippen molar-refractivity contribution in [3.8, 4) is 0 Å². The Morgan fingerprint density at radius 3 is 2.29 bits per heavy atom. The molecular formula is C19H17N2O2S+. The van der Waals surface area contributed by atoms with Crippen LogP contribution in [-0.4, -0.2) is 4.92 Å². The maximum atomic E-state index is 10.7. The molecule has 3 aromatic rings. The smallest absolute Gasteiger partial charge is 0.258 e. The fourth-order valence-corrected chi connectivity index (χ4v) is 3.35. The molecule has 0 unspecified atom stereocenters. The molecule has 0 aliphatic rings. The Kier molecular flexibility index (Phi) is 5.23. The number of thioether (sulfide) groups is 1. The van der Waals surface area contributed by atoms with Gasteiger partial charge >= 0.3 is 0 Å². The molecule has 1 aromatic heterocycles. The Hall–Kier alpha value is -2.66. The monoisotopic (exact) mass is 337 g/mol. The van der Waals surface area contributed by atoms with Crippen molar-refractivity contribution in [3.05, 3.63) is 100 Å². The van der Waals surface area contributed by atoms with Gasteiger partial charge in [0.2, 0.25) is 5.03 Å². The van der Waals surface area contributed by atoms with Gasteiger partial charge < -0.3 is 0 Å². The fraction of sp³-hybridized carbons (Fsp3) is 0.105. The first-order valence-electron chi connectivity index (χ1n) is 7.61. The average Bonchev–Trinajstić information content (AvgIpc) is 2.62. The molecule has 0 fully saturated rings. The summed E-state index contributed by atoms with van der Waals surface area (Å²) in [4.78, 5) is 10.4. The molecule has 1 heterocycles. The van der Waals surface area contributed by atoms with Crippen LogP contribution in [0.2, 0.25) is 0 Å². The van der Waals surface area contributed by atoms with Crippen LogP contribution < -0.4 is 4.57 Å². The van der Waals surface area contributed by atoms with E-state index in [2.05, 4.69) is 22.8 Å². The number of pyridine rings is 1. The van der Waals surface area contributed by atoms with Gasteiger partial charge in [-0.3, -0.25) is 10.1 Å². The lowest BCUT2D eigenvalue weighted by Gasteiger charge is -2.04. The highest BCUT2D eigenvalue weighted by atomic mass is 32.2. The molecule has 4 nitrogen and oxygen atoms in total. The van der Waals surface area contributed by atoms with Crippen LogP contribution in [0.3, 0.4) is 0 Å². The van der Waals surface area contributed by atoms with Crippen LogP contribution in [0.1, 0.15) is 11.1 Å². The van der Waals surface area contributed by atoms with Crippen molar-refractivity contribution in [2.45, 2.75) is 17.3 Å². The number of nitro groups is 1. The molecule has 0 atom stereocenters. The summed E-state index contributed by atoms with van der Waals surface area (Å²) >= 11 is 1.78. The third-order valence-electron chi connectivity index (χ3n) is 3.63. The summed E-state index contributed by atoms with van der Waals surface area (Å²) < 4.78 is 2.16. The molecular weight excluding hydrogens is 320 g/mol. The number of nitrogens with zero attached hydrogens (tertiary/aromatic N) is 2. The highest BCUT2D eigenvalue weighted by Crippen LogP contribution is 2.20. The van der Waals surface area contributed by atoms with Crippen molar-refractivity contribution in [3.63, 3.8) is 0 Å². The molecule has 0 saturated heterocycles. The van der Waals surface area contributed by atoms with Gasteiger partial charge in [0.05, 0.1) is 4.92 Å². The molecule has 5 heteroatoms. The maximum Gasteiger partial charge on any atom is 0.269 e. The first-order chi connectivity index (χ1) is 11.7. The second-order valence-corrected chi connectivity index (χ2v) is 6.36. The topological polar surface area (TPSA) is 47.0 Å². The van der Waals surface area contributed by atoms with Gasteiger partial charge in [-0.15, -0.1) is 0 Å². The van der Waals surface area contributed by atoms with Crippen LogP contribution in [-0.2, 0) is 12.3 Å². The Bertz CT molecular complexity index is 820. The lowest BCUT2D eigenvalue weighted by Crippen LogP contribution is -2.36. The van der Waals surface area contributed by atoms with E-state index in [4.69, 9.17) is 0 Å². The molecule has 0 aliphatic carbocycles. The van der Waals surface area contributed by atoms with Gasteiger partial charge in [0.25, 0.3) is 5.69 Å². The zero-order chi connectivity index (χ0) is 16.8. The lowest BCUT2D eigenvalue weighted by atomic mass is 10.2. The number of hydrogen-bond acceptors (Lipinski definition) is 3. The summed E-state index contributed by atoms with van der Waals surface area (Å²) in [6.45, 7) is 0.690. The summed E-state index contributed by atoms with van der Waals surface area (Å²) in [5.74, 6) is 0.908. The predicted octanol–water partition coefficient (Wildman–Crippen LogP) is 4.22. The molecule has 0 aliphatic heterocycles. The second kappa shape index (κ2) is 7.75. The molecule has 2 aromatic carbocycles.